The SMILES string of the molecule is C=C(Br)CNc1ccn(C)n1. The quantitative estimate of drug-likeness (QED) is 0.833. The normalized spacial score (nSPS) is 9.64. The number of rotatable bonds is 3. The molecule has 0 spiro atoms. The number of hydrogen-bond acceptors (Lipinski definition) is 2. The van der Waals surface area contributed by atoms with Gasteiger partial charge in [-0.15, -0.1) is 0 Å². The highest BCUT2D eigenvalue weighted by atomic mass is 79.9. The molecule has 1 aromatic heterocycles. The van der Waals surface area contributed by atoms with E-state index < -0.39 is 0 Å². The molecule has 0 unspecified atom stereocenters. The number of hydrogen-bond donors (Lipinski definition) is 1. The van der Waals surface area contributed by atoms with Crippen molar-refractivity contribution in [2.75, 3.05) is 11.9 Å². The van der Waals surface area contributed by atoms with Gasteiger partial charge in [0.1, 0.15) is 5.82 Å². The van der Waals surface area contributed by atoms with Crippen LogP contribution in [0.5, 0.6) is 0 Å². The molecule has 0 bridgehead atoms. The lowest BCUT2D eigenvalue weighted by molar-refractivity contribution is 0.769. The molecule has 60 valence electrons. The number of nitrogens with one attached hydrogen (secondary N) is 1. The van der Waals surface area contributed by atoms with E-state index in [4.69, 9.17) is 0 Å². The first-order valence-corrected chi connectivity index (χ1v) is 4.04. The maximum atomic E-state index is 4.13. The highest BCUT2D eigenvalue weighted by molar-refractivity contribution is 9.11. The van der Waals surface area contributed by atoms with Crippen LogP contribution in [0, 0.1) is 0 Å². The average molecular weight is 216 g/mol. The van der Waals surface area contributed by atoms with Crippen molar-refractivity contribution >= 4 is 21.7 Å². The largest absolute Gasteiger partial charge is 0.364 e. The summed E-state index contributed by atoms with van der Waals surface area (Å²) in [5, 5.41) is 7.21. The molecule has 1 heterocycles. The second-order valence-corrected chi connectivity index (χ2v) is 3.37. The zero-order valence-corrected chi connectivity index (χ0v) is 7.93. The summed E-state index contributed by atoms with van der Waals surface area (Å²) < 4.78 is 2.67. The van der Waals surface area contributed by atoms with Crippen LogP contribution in [0.4, 0.5) is 5.82 Å². The van der Waals surface area contributed by atoms with Crippen LogP contribution in [-0.2, 0) is 7.05 Å². The van der Waals surface area contributed by atoms with Crippen molar-refractivity contribution < 1.29 is 0 Å². The number of anilines is 1. The third-order valence-electron chi connectivity index (χ3n) is 1.17. The molecule has 0 aliphatic heterocycles. The van der Waals surface area contributed by atoms with E-state index in [1.54, 1.807) is 4.68 Å². The Balaban J connectivity index is 2.45. The second kappa shape index (κ2) is 3.57. The van der Waals surface area contributed by atoms with Crippen LogP contribution < -0.4 is 5.32 Å². The Kier molecular flexibility index (Phi) is 2.70. The predicted molar refractivity (Wildman–Crippen MR) is 49.8 cm³/mol. The minimum absolute atomic E-state index is 0.705. The van der Waals surface area contributed by atoms with Gasteiger partial charge in [0, 0.05) is 30.3 Å². The first-order valence-electron chi connectivity index (χ1n) is 3.25. The minimum atomic E-state index is 0.705. The monoisotopic (exact) mass is 215 g/mol. The Hall–Kier alpha value is -0.770. The lowest BCUT2D eigenvalue weighted by atomic mass is 10.5. The molecule has 1 N–H and O–H groups in total. The molecule has 0 aliphatic carbocycles. The van der Waals surface area contributed by atoms with E-state index in [-0.39, 0.29) is 0 Å². The molecule has 0 amide bonds. The molecule has 0 radical (unpaired) electrons. The van der Waals surface area contributed by atoms with Gasteiger partial charge in [-0.2, -0.15) is 5.10 Å². The van der Waals surface area contributed by atoms with Crippen molar-refractivity contribution in [2.24, 2.45) is 7.05 Å². The summed E-state index contributed by atoms with van der Waals surface area (Å²) in [6.07, 6.45) is 1.89. The lowest BCUT2D eigenvalue weighted by Gasteiger charge is -1.98. The third-order valence-corrected chi connectivity index (χ3v) is 1.46. The summed E-state index contributed by atoms with van der Waals surface area (Å²) in [4.78, 5) is 0. The van der Waals surface area contributed by atoms with Gasteiger partial charge in [-0.3, -0.25) is 4.68 Å². The smallest absolute Gasteiger partial charge is 0.148 e. The van der Waals surface area contributed by atoms with Crippen molar-refractivity contribution in [1.82, 2.24) is 9.78 Å². The topological polar surface area (TPSA) is 29.9 Å². The molecular weight excluding hydrogens is 206 g/mol. The first-order chi connectivity index (χ1) is 5.18. The molecule has 1 aromatic rings. The van der Waals surface area contributed by atoms with Gasteiger partial charge in [-0.25, -0.2) is 0 Å². The molecule has 0 atom stereocenters. The third kappa shape index (κ3) is 2.76. The number of nitrogens with zero attached hydrogens (tertiary/aromatic N) is 2. The number of aryl methyl sites for hydroxylation is 1. The van der Waals surface area contributed by atoms with Crippen molar-refractivity contribution in [3.63, 3.8) is 0 Å². The Labute approximate surface area is 74.2 Å². The molecule has 0 aromatic carbocycles. The van der Waals surface area contributed by atoms with Crippen molar-refractivity contribution in [3.05, 3.63) is 23.3 Å². The zero-order chi connectivity index (χ0) is 8.27. The lowest BCUT2D eigenvalue weighted by Crippen LogP contribution is -2.01. The number of aromatic nitrogens is 2. The van der Waals surface area contributed by atoms with Crippen LogP contribution >= 0.6 is 15.9 Å². The minimum Gasteiger partial charge on any atom is -0.364 e. The van der Waals surface area contributed by atoms with Gasteiger partial charge in [0.2, 0.25) is 0 Å². The van der Waals surface area contributed by atoms with Crippen LogP contribution in [0.3, 0.4) is 0 Å². The van der Waals surface area contributed by atoms with Crippen LogP contribution in [0.1, 0.15) is 0 Å². The van der Waals surface area contributed by atoms with Crippen molar-refractivity contribution in [1.29, 1.82) is 0 Å². The van der Waals surface area contributed by atoms with Gasteiger partial charge in [0.15, 0.2) is 0 Å². The molecule has 4 heteroatoms. The van der Waals surface area contributed by atoms with Gasteiger partial charge < -0.3 is 5.32 Å². The average Bonchev–Trinajstić information content (AvgIpc) is 2.31. The van der Waals surface area contributed by atoms with E-state index in [1.807, 2.05) is 19.3 Å². The van der Waals surface area contributed by atoms with Gasteiger partial charge in [0.05, 0.1) is 0 Å². The van der Waals surface area contributed by atoms with Crippen LogP contribution in [-0.4, -0.2) is 16.3 Å². The van der Waals surface area contributed by atoms with E-state index in [2.05, 4.69) is 32.9 Å². The zero-order valence-electron chi connectivity index (χ0n) is 6.34. The molecular formula is C7H10BrN3. The first kappa shape index (κ1) is 8.33. The summed E-state index contributed by atoms with van der Waals surface area (Å²) in [7, 11) is 1.88. The molecule has 0 aliphatic rings. The van der Waals surface area contributed by atoms with Crippen molar-refractivity contribution in [2.45, 2.75) is 0 Å². The molecule has 0 saturated heterocycles. The highest BCUT2D eigenvalue weighted by Crippen LogP contribution is 2.04. The Morgan fingerprint density at radius 1 is 1.91 bits per heavy atom. The van der Waals surface area contributed by atoms with Crippen LogP contribution in [0.25, 0.3) is 0 Å². The number of halogens is 1. The van der Waals surface area contributed by atoms with Crippen LogP contribution in [0.15, 0.2) is 23.3 Å². The highest BCUT2D eigenvalue weighted by Gasteiger charge is 1.93. The predicted octanol–water partition coefficient (Wildman–Crippen LogP) is 1.74. The van der Waals surface area contributed by atoms with E-state index in [0.717, 1.165) is 10.3 Å². The Morgan fingerprint density at radius 3 is 3.09 bits per heavy atom. The maximum Gasteiger partial charge on any atom is 0.148 e. The van der Waals surface area contributed by atoms with Gasteiger partial charge in [-0.05, 0) is 0 Å². The van der Waals surface area contributed by atoms with E-state index >= 15 is 0 Å². The van der Waals surface area contributed by atoms with E-state index in [1.165, 1.54) is 0 Å². The summed E-state index contributed by atoms with van der Waals surface area (Å²) >= 11 is 3.25. The Bertz CT molecular complexity index is 254. The molecule has 1 rings (SSSR count). The summed E-state index contributed by atoms with van der Waals surface area (Å²) in [6.45, 7) is 4.40. The summed E-state index contributed by atoms with van der Waals surface area (Å²) in [5.41, 5.74) is 0. The molecule has 0 saturated carbocycles. The fraction of sp³-hybridized carbons (Fsp3) is 0.286. The molecule has 0 fully saturated rings. The summed E-state index contributed by atoms with van der Waals surface area (Å²) in [6, 6.07) is 1.91. The van der Waals surface area contributed by atoms with Gasteiger partial charge in [0.25, 0.3) is 0 Å². The van der Waals surface area contributed by atoms with E-state index in [9.17, 15) is 0 Å². The summed E-state index contributed by atoms with van der Waals surface area (Å²) in [5.74, 6) is 0.869. The van der Waals surface area contributed by atoms with E-state index in [0.29, 0.717) is 6.54 Å². The molecule has 3 nitrogen and oxygen atoms in total. The standard InChI is InChI=1S/C7H10BrN3/c1-6(8)5-9-7-3-4-11(2)10-7/h3-4H,1,5H2,2H3,(H,9,10). The van der Waals surface area contributed by atoms with Gasteiger partial charge in [-0.1, -0.05) is 22.5 Å². The van der Waals surface area contributed by atoms with Crippen LogP contribution in [0.2, 0.25) is 0 Å². The fourth-order valence-electron chi connectivity index (χ4n) is 0.696. The Morgan fingerprint density at radius 2 is 2.64 bits per heavy atom. The maximum absolute atomic E-state index is 4.13. The second-order valence-electron chi connectivity index (χ2n) is 2.25. The van der Waals surface area contributed by atoms with Gasteiger partial charge >= 0.3 is 0 Å². The fourth-order valence-corrected chi connectivity index (χ4v) is 0.836. The van der Waals surface area contributed by atoms with Crippen molar-refractivity contribution in [3.8, 4) is 0 Å². The molecule has 11 heavy (non-hydrogen) atoms.